The Hall–Kier alpha value is -1.76. The van der Waals surface area contributed by atoms with Gasteiger partial charge in [-0.1, -0.05) is 0 Å². The molecule has 7 heteroatoms. The Kier molecular flexibility index (Phi) is 2.23. The molecule has 0 aromatic carbocycles. The highest BCUT2D eigenvalue weighted by atomic mass is 16.3. The Morgan fingerprint density at radius 3 is 2.93 bits per heavy atom. The number of imidazole rings is 1. The molecular weight excluding hydrogens is 184 g/mol. The maximum atomic E-state index is 8.80. The average Bonchev–Trinajstić information content (AvgIpc) is 2.76. The Morgan fingerprint density at radius 1 is 1.50 bits per heavy atom. The van der Waals surface area contributed by atoms with Crippen molar-refractivity contribution in [1.82, 2.24) is 29.8 Å². The number of hydrogen-bond acceptors (Lipinski definition) is 5. The molecule has 0 radical (unpaired) electrons. The van der Waals surface area contributed by atoms with Gasteiger partial charge in [-0.05, 0) is 5.21 Å². The molecule has 2 rings (SSSR count). The highest BCUT2D eigenvalue weighted by Crippen LogP contribution is 1.98. The van der Waals surface area contributed by atoms with E-state index >= 15 is 0 Å². The summed E-state index contributed by atoms with van der Waals surface area (Å²) in [6.45, 7) is 0.460. The van der Waals surface area contributed by atoms with Gasteiger partial charge in [0.25, 0.3) is 0 Å². The first-order valence-electron chi connectivity index (χ1n) is 4.12. The van der Waals surface area contributed by atoms with Gasteiger partial charge in [0.2, 0.25) is 0 Å². The molecule has 0 saturated heterocycles. The molecule has 74 valence electrons. The lowest BCUT2D eigenvalue weighted by molar-refractivity contribution is 0.277. The summed E-state index contributed by atoms with van der Waals surface area (Å²) in [6.07, 6.45) is 3.37. The van der Waals surface area contributed by atoms with Gasteiger partial charge < -0.3 is 9.67 Å². The first-order valence-corrected chi connectivity index (χ1v) is 4.12. The number of rotatable bonds is 3. The highest BCUT2D eigenvalue weighted by molar-refractivity contribution is 4.96. The van der Waals surface area contributed by atoms with Crippen molar-refractivity contribution in [3.05, 3.63) is 24.0 Å². The van der Waals surface area contributed by atoms with Gasteiger partial charge in [-0.3, -0.25) is 0 Å². The number of aromatic nitrogens is 6. The fourth-order valence-electron chi connectivity index (χ4n) is 1.12. The normalized spacial score (nSPS) is 10.7. The summed E-state index contributed by atoms with van der Waals surface area (Å²) >= 11 is 0. The molecule has 0 bridgehead atoms. The molecule has 0 saturated carbocycles. The van der Waals surface area contributed by atoms with Crippen LogP contribution in [0.2, 0.25) is 0 Å². The molecular formula is C7H10N6O. The van der Waals surface area contributed by atoms with Crippen molar-refractivity contribution in [2.45, 2.75) is 13.2 Å². The topological polar surface area (TPSA) is 81.7 Å². The molecule has 2 heterocycles. The summed E-state index contributed by atoms with van der Waals surface area (Å²) in [5.74, 6) is 0.620. The van der Waals surface area contributed by atoms with Gasteiger partial charge in [0.05, 0.1) is 32.2 Å². The predicted molar refractivity (Wildman–Crippen MR) is 46.0 cm³/mol. The average molecular weight is 194 g/mol. The van der Waals surface area contributed by atoms with Gasteiger partial charge in [-0.2, -0.15) is 4.80 Å². The molecule has 0 aliphatic carbocycles. The van der Waals surface area contributed by atoms with Crippen LogP contribution < -0.4 is 0 Å². The minimum atomic E-state index is -0.0547. The summed E-state index contributed by atoms with van der Waals surface area (Å²) in [4.78, 5) is 5.37. The van der Waals surface area contributed by atoms with Crippen molar-refractivity contribution in [2.24, 2.45) is 7.05 Å². The van der Waals surface area contributed by atoms with Crippen LogP contribution in [-0.4, -0.2) is 34.9 Å². The van der Waals surface area contributed by atoms with Crippen LogP contribution in [0.4, 0.5) is 0 Å². The van der Waals surface area contributed by atoms with E-state index in [0.29, 0.717) is 18.1 Å². The zero-order valence-corrected chi connectivity index (χ0v) is 7.70. The van der Waals surface area contributed by atoms with Crippen molar-refractivity contribution in [2.75, 3.05) is 0 Å². The lowest BCUT2D eigenvalue weighted by Crippen LogP contribution is -1.99. The smallest absolute Gasteiger partial charge is 0.194 e. The van der Waals surface area contributed by atoms with Crippen molar-refractivity contribution in [3.63, 3.8) is 0 Å². The third-order valence-electron chi connectivity index (χ3n) is 1.72. The number of tetrazole rings is 1. The third-order valence-corrected chi connectivity index (χ3v) is 1.72. The second-order valence-corrected chi connectivity index (χ2v) is 2.89. The fraction of sp³-hybridized carbons (Fsp3) is 0.429. The van der Waals surface area contributed by atoms with Crippen molar-refractivity contribution in [1.29, 1.82) is 0 Å². The molecule has 7 nitrogen and oxygen atoms in total. The maximum Gasteiger partial charge on any atom is 0.194 e. The summed E-state index contributed by atoms with van der Waals surface area (Å²) in [5, 5.41) is 20.4. The van der Waals surface area contributed by atoms with E-state index in [9.17, 15) is 0 Å². The van der Waals surface area contributed by atoms with Crippen LogP contribution in [-0.2, 0) is 20.2 Å². The van der Waals surface area contributed by atoms with Crippen LogP contribution in [0.1, 0.15) is 11.5 Å². The van der Waals surface area contributed by atoms with Crippen LogP contribution in [0.15, 0.2) is 12.5 Å². The van der Waals surface area contributed by atoms with E-state index in [4.69, 9.17) is 5.11 Å². The van der Waals surface area contributed by atoms with Crippen LogP contribution in [0.25, 0.3) is 0 Å². The molecule has 0 amide bonds. The minimum Gasteiger partial charge on any atom is -0.390 e. The van der Waals surface area contributed by atoms with Gasteiger partial charge in [0.15, 0.2) is 5.82 Å². The van der Waals surface area contributed by atoms with Gasteiger partial charge in [0.1, 0.15) is 0 Å². The van der Waals surface area contributed by atoms with E-state index in [1.165, 1.54) is 4.80 Å². The Bertz CT molecular complexity index is 419. The summed E-state index contributed by atoms with van der Waals surface area (Å²) in [5.41, 5.74) is 0.633. The summed E-state index contributed by atoms with van der Waals surface area (Å²) in [7, 11) is 1.71. The lowest BCUT2D eigenvalue weighted by atomic mass is 10.5. The van der Waals surface area contributed by atoms with Crippen molar-refractivity contribution >= 4 is 0 Å². The highest BCUT2D eigenvalue weighted by Gasteiger charge is 2.02. The zero-order valence-electron chi connectivity index (χ0n) is 7.70. The van der Waals surface area contributed by atoms with E-state index in [0.717, 1.165) is 0 Å². The molecule has 0 aliphatic heterocycles. The lowest BCUT2D eigenvalue weighted by Gasteiger charge is -1.94. The monoisotopic (exact) mass is 194 g/mol. The van der Waals surface area contributed by atoms with Crippen molar-refractivity contribution < 1.29 is 5.11 Å². The van der Waals surface area contributed by atoms with Gasteiger partial charge in [-0.25, -0.2) is 4.98 Å². The Labute approximate surface area is 80.0 Å². The van der Waals surface area contributed by atoms with Crippen molar-refractivity contribution in [3.8, 4) is 0 Å². The number of nitrogens with zero attached hydrogens (tertiary/aromatic N) is 6. The predicted octanol–water partition coefficient (Wildman–Crippen LogP) is -1.05. The molecule has 2 aromatic rings. The van der Waals surface area contributed by atoms with Gasteiger partial charge in [0, 0.05) is 6.20 Å². The number of aliphatic hydroxyl groups is 1. The second-order valence-electron chi connectivity index (χ2n) is 2.89. The number of hydrogen-bond donors (Lipinski definition) is 1. The third kappa shape index (κ3) is 1.77. The van der Waals surface area contributed by atoms with Gasteiger partial charge in [-0.15, -0.1) is 10.2 Å². The maximum absolute atomic E-state index is 8.80. The van der Waals surface area contributed by atoms with Crippen LogP contribution in [0, 0.1) is 0 Å². The Balaban J connectivity index is 2.10. The first kappa shape index (κ1) is 8.82. The largest absolute Gasteiger partial charge is 0.390 e. The SMILES string of the molecule is Cn1nnc(Cn2cnc(CO)c2)n1. The Morgan fingerprint density at radius 2 is 2.36 bits per heavy atom. The summed E-state index contributed by atoms with van der Waals surface area (Å²) < 4.78 is 1.79. The fourth-order valence-corrected chi connectivity index (χ4v) is 1.12. The van der Waals surface area contributed by atoms with E-state index in [2.05, 4.69) is 20.4 Å². The molecule has 14 heavy (non-hydrogen) atoms. The van der Waals surface area contributed by atoms with E-state index < -0.39 is 0 Å². The zero-order chi connectivity index (χ0) is 9.97. The molecule has 0 unspecified atom stereocenters. The molecule has 0 spiro atoms. The first-order chi connectivity index (χ1) is 6.78. The van der Waals surface area contributed by atoms with Gasteiger partial charge >= 0.3 is 0 Å². The molecule has 1 N–H and O–H groups in total. The van der Waals surface area contributed by atoms with E-state index in [1.54, 1.807) is 24.1 Å². The number of aryl methyl sites for hydroxylation is 1. The number of aliphatic hydroxyl groups excluding tert-OH is 1. The molecule has 2 aromatic heterocycles. The van der Waals surface area contributed by atoms with Crippen LogP contribution in [0.5, 0.6) is 0 Å². The second kappa shape index (κ2) is 3.54. The molecule has 0 atom stereocenters. The van der Waals surface area contributed by atoms with Crippen LogP contribution >= 0.6 is 0 Å². The van der Waals surface area contributed by atoms with E-state index in [-0.39, 0.29) is 6.61 Å². The standard InChI is InChI=1S/C7H10N6O/c1-12-10-7(9-11-12)3-13-2-6(4-14)8-5-13/h2,5,14H,3-4H2,1H3. The van der Waals surface area contributed by atoms with E-state index in [1.807, 2.05) is 0 Å². The molecule has 0 fully saturated rings. The quantitative estimate of drug-likeness (QED) is 0.674. The minimum absolute atomic E-state index is 0.0547. The molecule has 0 aliphatic rings. The van der Waals surface area contributed by atoms with Crippen LogP contribution in [0.3, 0.4) is 0 Å². The summed E-state index contributed by atoms with van der Waals surface area (Å²) in [6, 6.07) is 0.